The Kier molecular flexibility index (Phi) is 12.3. The van der Waals surface area contributed by atoms with E-state index in [2.05, 4.69) is 18.8 Å². The predicted octanol–water partition coefficient (Wildman–Crippen LogP) is 6.99. The summed E-state index contributed by atoms with van der Waals surface area (Å²) in [6.45, 7) is 6.90. The number of phenols is 1. The Morgan fingerprint density at radius 2 is 1.72 bits per heavy atom. The lowest BCUT2D eigenvalue weighted by Crippen LogP contribution is -2.07. The number of aromatic nitrogens is 2. The summed E-state index contributed by atoms with van der Waals surface area (Å²) in [5, 5.41) is 10.4. The van der Waals surface area contributed by atoms with Gasteiger partial charge in [0.1, 0.15) is 18.1 Å². The number of benzene rings is 3. The van der Waals surface area contributed by atoms with E-state index in [1.54, 1.807) is 24.7 Å². The Morgan fingerprint density at radius 3 is 2.47 bits per heavy atom. The summed E-state index contributed by atoms with van der Waals surface area (Å²) in [5.41, 5.74) is 4.23. The number of carbonyl (C=O) groups is 1. The van der Waals surface area contributed by atoms with Crippen LogP contribution >= 0.6 is 0 Å². The molecule has 8 heteroatoms. The van der Waals surface area contributed by atoms with Gasteiger partial charge >= 0.3 is 0 Å². The van der Waals surface area contributed by atoms with Crippen molar-refractivity contribution in [3.8, 4) is 22.6 Å². The number of phenolic OH excluding ortho intramolecular Hbond substituents is 1. The number of hydrogen-bond acceptors (Lipinski definition) is 6. The van der Waals surface area contributed by atoms with E-state index in [9.17, 15) is 14.1 Å². The molecule has 4 aromatic rings. The molecule has 0 radical (unpaired) electrons. The van der Waals surface area contributed by atoms with Gasteiger partial charge in [0.15, 0.2) is 5.78 Å². The molecular formula is C35H40N2O5S. The van der Waals surface area contributed by atoms with E-state index in [0.717, 1.165) is 60.5 Å². The third-order valence-corrected chi connectivity index (χ3v) is 8.27. The third kappa shape index (κ3) is 9.76. The van der Waals surface area contributed by atoms with E-state index in [1.165, 1.54) is 6.08 Å². The van der Waals surface area contributed by atoms with Crippen LogP contribution in [0.1, 0.15) is 49.9 Å². The van der Waals surface area contributed by atoms with Crippen LogP contribution in [0, 0.1) is 0 Å². The molecule has 0 saturated heterocycles. The van der Waals surface area contributed by atoms with Crippen LogP contribution in [-0.2, 0) is 39.0 Å². The fourth-order valence-corrected chi connectivity index (χ4v) is 5.62. The van der Waals surface area contributed by atoms with Gasteiger partial charge in [-0.05, 0) is 78.1 Å². The van der Waals surface area contributed by atoms with Gasteiger partial charge in [0, 0.05) is 36.2 Å². The van der Waals surface area contributed by atoms with Gasteiger partial charge in [-0.3, -0.25) is 9.00 Å². The number of hydrogen-bond donors (Lipinski definition) is 1. The molecular weight excluding hydrogens is 560 g/mol. The van der Waals surface area contributed by atoms with E-state index in [-0.39, 0.29) is 18.0 Å². The van der Waals surface area contributed by atoms with E-state index >= 15 is 0 Å². The highest BCUT2D eigenvalue weighted by atomic mass is 32.2. The standard InChI is InChI=1S/C35H40N2O5S/c1-3-5-19-41-20-21-42-33-13-9-28(10-14-33)29-11-17-35(39)30(23-29)8-12-32(38)22-27-6-15-34(16-7-27)43(40)25-31-24-36-26-37(31)18-4-2/h6-17,23-24,26,39H,3-5,18-22,25H2,1-2H3/b12-8+. The number of allylic oxidation sites excluding steroid dienone is 1. The average Bonchev–Trinajstić information content (AvgIpc) is 3.45. The van der Waals surface area contributed by atoms with Crippen molar-refractivity contribution in [2.24, 2.45) is 0 Å². The second kappa shape index (κ2) is 16.6. The minimum Gasteiger partial charge on any atom is -0.507 e. The second-order valence-corrected chi connectivity index (χ2v) is 11.8. The number of nitrogens with zero attached hydrogens (tertiary/aromatic N) is 2. The number of rotatable bonds is 17. The van der Waals surface area contributed by atoms with E-state index < -0.39 is 10.8 Å². The number of ether oxygens (including phenoxy) is 2. The summed E-state index contributed by atoms with van der Waals surface area (Å²) in [4.78, 5) is 17.6. The molecule has 0 spiro atoms. The van der Waals surface area contributed by atoms with Crippen molar-refractivity contribution in [3.63, 3.8) is 0 Å². The molecule has 1 atom stereocenters. The highest BCUT2D eigenvalue weighted by Gasteiger charge is 2.10. The molecule has 3 aromatic carbocycles. The molecule has 4 rings (SSSR count). The Labute approximate surface area is 256 Å². The first kappa shape index (κ1) is 31.9. The van der Waals surface area contributed by atoms with Crippen LogP contribution in [0.5, 0.6) is 11.5 Å². The van der Waals surface area contributed by atoms with Crippen molar-refractivity contribution in [1.29, 1.82) is 0 Å². The zero-order chi connectivity index (χ0) is 30.4. The van der Waals surface area contributed by atoms with Crippen molar-refractivity contribution in [2.75, 3.05) is 19.8 Å². The van der Waals surface area contributed by atoms with Gasteiger partial charge in [0.05, 0.1) is 35.2 Å². The zero-order valence-corrected chi connectivity index (χ0v) is 25.7. The first-order chi connectivity index (χ1) is 21.0. The lowest BCUT2D eigenvalue weighted by atomic mass is 10.0. The number of aromatic hydroxyl groups is 1. The molecule has 1 heterocycles. The molecule has 7 nitrogen and oxygen atoms in total. The van der Waals surface area contributed by atoms with Crippen molar-refractivity contribution in [1.82, 2.24) is 9.55 Å². The topological polar surface area (TPSA) is 90.7 Å². The maximum absolute atomic E-state index is 12.9. The molecule has 226 valence electrons. The summed E-state index contributed by atoms with van der Waals surface area (Å²) in [6, 6.07) is 20.4. The van der Waals surface area contributed by atoms with Crippen LogP contribution < -0.4 is 4.74 Å². The SMILES string of the molecule is CCCCOCCOc1ccc(-c2ccc(O)c(/C=C/C(=O)Cc3ccc(S(=O)Cc4cncn4CCC)cc3)c2)cc1. The molecule has 0 fully saturated rings. The van der Waals surface area contributed by atoms with Crippen LogP contribution in [-0.4, -0.2) is 44.5 Å². The fourth-order valence-electron chi connectivity index (χ4n) is 4.51. The smallest absolute Gasteiger partial charge is 0.160 e. The predicted molar refractivity (Wildman–Crippen MR) is 172 cm³/mol. The van der Waals surface area contributed by atoms with Gasteiger partial charge in [-0.1, -0.05) is 50.6 Å². The summed E-state index contributed by atoms with van der Waals surface area (Å²) >= 11 is 0. The number of aryl methyl sites for hydroxylation is 1. The van der Waals surface area contributed by atoms with Gasteiger partial charge in [-0.25, -0.2) is 4.98 Å². The lowest BCUT2D eigenvalue weighted by molar-refractivity contribution is -0.113. The van der Waals surface area contributed by atoms with Crippen LogP contribution in [0.2, 0.25) is 0 Å². The normalized spacial score (nSPS) is 12.0. The van der Waals surface area contributed by atoms with Crippen molar-refractivity contribution in [2.45, 2.75) is 56.7 Å². The third-order valence-electron chi connectivity index (χ3n) is 6.91. The van der Waals surface area contributed by atoms with Crippen LogP contribution in [0.3, 0.4) is 0 Å². The van der Waals surface area contributed by atoms with E-state index in [1.807, 2.05) is 65.2 Å². The van der Waals surface area contributed by atoms with Gasteiger partial charge in [-0.2, -0.15) is 0 Å². The van der Waals surface area contributed by atoms with Crippen LogP contribution in [0.25, 0.3) is 17.2 Å². The number of unbranched alkanes of at least 4 members (excludes halogenated alkanes) is 1. The van der Waals surface area contributed by atoms with Gasteiger partial charge in [-0.15, -0.1) is 0 Å². The van der Waals surface area contributed by atoms with E-state index in [0.29, 0.717) is 29.4 Å². The van der Waals surface area contributed by atoms with Crippen LogP contribution in [0.4, 0.5) is 0 Å². The van der Waals surface area contributed by atoms with E-state index in [4.69, 9.17) is 9.47 Å². The molecule has 43 heavy (non-hydrogen) atoms. The Balaban J connectivity index is 1.31. The summed E-state index contributed by atoms with van der Waals surface area (Å²) in [6.07, 6.45) is 10.0. The Morgan fingerprint density at radius 1 is 0.953 bits per heavy atom. The number of ketones is 1. The monoisotopic (exact) mass is 600 g/mol. The minimum atomic E-state index is -1.20. The molecule has 0 bridgehead atoms. The van der Waals surface area contributed by atoms with Crippen molar-refractivity contribution >= 4 is 22.7 Å². The Bertz CT molecular complexity index is 1510. The van der Waals surface area contributed by atoms with Crippen LogP contribution in [0.15, 0.2) is 90.2 Å². The molecule has 0 aliphatic heterocycles. The largest absolute Gasteiger partial charge is 0.507 e. The average molecular weight is 601 g/mol. The minimum absolute atomic E-state index is 0.0951. The quantitative estimate of drug-likeness (QED) is 0.104. The molecule has 0 aliphatic carbocycles. The number of carbonyl (C=O) groups excluding carboxylic acids is 1. The first-order valence-electron chi connectivity index (χ1n) is 14.8. The summed E-state index contributed by atoms with van der Waals surface area (Å²) in [5.74, 6) is 1.17. The Hall–Kier alpha value is -4.01. The maximum atomic E-state index is 12.9. The summed E-state index contributed by atoms with van der Waals surface area (Å²) < 4.78 is 26.2. The van der Waals surface area contributed by atoms with Crippen molar-refractivity contribution < 1.29 is 23.6 Å². The van der Waals surface area contributed by atoms with Crippen molar-refractivity contribution in [3.05, 3.63) is 102 Å². The molecule has 0 amide bonds. The van der Waals surface area contributed by atoms with Gasteiger partial charge in [0.2, 0.25) is 0 Å². The highest BCUT2D eigenvalue weighted by molar-refractivity contribution is 7.84. The second-order valence-electron chi connectivity index (χ2n) is 10.3. The van der Waals surface area contributed by atoms with Gasteiger partial charge < -0.3 is 19.1 Å². The van der Waals surface area contributed by atoms with Gasteiger partial charge in [0.25, 0.3) is 0 Å². The molecule has 0 aliphatic rings. The molecule has 0 saturated carbocycles. The maximum Gasteiger partial charge on any atom is 0.160 e. The zero-order valence-electron chi connectivity index (χ0n) is 24.9. The molecule has 1 N–H and O–H groups in total. The highest BCUT2D eigenvalue weighted by Crippen LogP contribution is 2.28. The molecule has 1 unspecified atom stereocenters. The fraction of sp³-hybridized carbons (Fsp3) is 0.314. The first-order valence-corrected chi connectivity index (χ1v) is 16.1. The summed E-state index contributed by atoms with van der Waals surface area (Å²) in [7, 11) is -1.20. The molecule has 1 aromatic heterocycles. The number of imidazole rings is 1. The lowest BCUT2D eigenvalue weighted by Gasteiger charge is -2.09.